The van der Waals surface area contributed by atoms with Gasteiger partial charge in [0.15, 0.2) is 11.5 Å². The second kappa shape index (κ2) is 6.06. The minimum atomic E-state index is -0.713. The van der Waals surface area contributed by atoms with Crippen LogP contribution in [0.25, 0.3) is 0 Å². The van der Waals surface area contributed by atoms with Crippen LogP contribution >= 0.6 is 11.3 Å². The molecule has 21 heavy (non-hydrogen) atoms. The molecule has 1 aromatic carbocycles. The van der Waals surface area contributed by atoms with Gasteiger partial charge in [-0.25, -0.2) is 0 Å². The first-order valence-electron chi connectivity index (χ1n) is 6.27. The number of anilines is 1. The van der Waals surface area contributed by atoms with E-state index in [9.17, 15) is 4.79 Å². The zero-order chi connectivity index (χ0) is 14.7. The molecule has 2 aromatic rings. The molecule has 0 bridgehead atoms. The molecule has 8 heteroatoms. The van der Waals surface area contributed by atoms with Crippen LogP contribution in [0.15, 0.2) is 24.3 Å². The molecule has 1 aliphatic heterocycles. The van der Waals surface area contributed by atoms with Crippen LogP contribution < -0.4 is 14.8 Å². The number of carbonyl (C=O) groups excluding carboxylic acids is 1. The number of amides is 1. The number of carbonyl (C=O) groups is 1. The smallest absolute Gasteiger partial charge is 0.270 e. The lowest BCUT2D eigenvalue weighted by Gasteiger charge is -2.25. The number of hydrogen-bond donors (Lipinski definition) is 1. The number of rotatable bonds is 4. The molecular formula is C13H13N3O4S. The minimum Gasteiger partial charge on any atom is -0.485 e. The van der Waals surface area contributed by atoms with Gasteiger partial charge in [0, 0.05) is 7.11 Å². The van der Waals surface area contributed by atoms with E-state index < -0.39 is 6.10 Å². The Morgan fingerprint density at radius 2 is 2.24 bits per heavy atom. The van der Waals surface area contributed by atoms with Crippen LogP contribution in [0.3, 0.4) is 0 Å². The van der Waals surface area contributed by atoms with E-state index >= 15 is 0 Å². The summed E-state index contributed by atoms with van der Waals surface area (Å²) in [7, 11) is 1.57. The van der Waals surface area contributed by atoms with Crippen molar-refractivity contribution in [1.82, 2.24) is 10.2 Å². The van der Waals surface area contributed by atoms with Gasteiger partial charge in [-0.1, -0.05) is 23.5 Å². The topological polar surface area (TPSA) is 82.6 Å². The van der Waals surface area contributed by atoms with Crippen LogP contribution in [0.5, 0.6) is 11.5 Å². The summed E-state index contributed by atoms with van der Waals surface area (Å²) >= 11 is 1.26. The number of para-hydroxylation sites is 2. The Labute approximate surface area is 124 Å². The van der Waals surface area contributed by atoms with Crippen molar-refractivity contribution in [1.29, 1.82) is 0 Å². The predicted octanol–water partition coefficient (Wildman–Crippen LogP) is 1.46. The number of methoxy groups -OCH3 is 1. The highest BCUT2D eigenvalue weighted by Gasteiger charge is 2.28. The Bertz CT molecular complexity index is 646. The highest BCUT2D eigenvalue weighted by molar-refractivity contribution is 7.15. The van der Waals surface area contributed by atoms with Gasteiger partial charge in [-0.2, -0.15) is 0 Å². The third-order valence-corrected chi connectivity index (χ3v) is 3.58. The lowest BCUT2D eigenvalue weighted by molar-refractivity contribution is -0.125. The van der Waals surface area contributed by atoms with Crippen LogP contribution in [-0.2, 0) is 16.1 Å². The second-order valence-electron chi connectivity index (χ2n) is 4.29. The molecule has 0 fully saturated rings. The van der Waals surface area contributed by atoms with E-state index in [2.05, 4.69) is 15.5 Å². The van der Waals surface area contributed by atoms with E-state index in [1.165, 1.54) is 11.3 Å². The number of nitrogens with one attached hydrogen (secondary N) is 1. The zero-order valence-electron chi connectivity index (χ0n) is 11.2. The maximum Gasteiger partial charge on any atom is 0.270 e. The van der Waals surface area contributed by atoms with E-state index in [0.29, 0.717) is 28.2 Å². The zero-order valence-corrected chi connectivity index (χ0v) is 12.1. The molecule has 2 heterocycles. The predicted molar refractivity (Wildman–Crippen MR) is 75.6 cm³/mol. The van der Waals surface area contributed by atoms with E-state index in [0.717, 1.165) is 0 Å². The SMILES string of the molecule is COCc1nnc(NC(=O)C2COc3ccccc3O2)s1. The van der Waals surface area contributed by atoms with Crippen molar-refractivity contribution in [2.24, 2.45) is 0 Å². The summed E-state index contributed by atoms with van der Waals surface area (Å²) in [6.45, 7) is 0.524. The Morgan fingerprint density at radius 3 is 3.05 bits per heavy atom. The fourth-order valence-electron chi connectivity index (χ4n) is 1.82. The Morgan fingerprint density at radius 1 is 1.43 bits per heavy atom. The largest absolute Gasteiger partial charge is 0.485 e. The second-order valence-corrected chi connectivity index (χ2v) is 5.35. The van der Waals surface area contributed by atoms with E-state index in [1.54, 1.807) is 19.2 Å². The average Bonchev–Trinajstić information content (AvgIpc) is 2.94. The molecule has 0 saturated carbocycles. The van der Waals surface area contributed by atoms with Crippen LogP contribution in [-0.4, -0.2) is 35.9 Å². The molecule has 1 aromatic heterocycles. The maximum atomic E-state index is 12.1. The number of fused-ring (bicyclic) bond motifs is 1. The molecule has 0 spiro atoms. The fourth-order valence-corrected chi connectivity index (χ4v) is 2.54. The van der Waals surface area contributed by atoms with Crippen molar-refractivity contribution in [3.63, 3.8) is 0 Å². The van der Waals surface area contributed by atoms with E-state index in [4.69, 9.17) is 14.2 Å². The molecule has 0 aliphatic carbocycles. The third-order valence-electron chi connectivity index (χ3n) is 2.77. The van der Waals surface area contributed by atoms with Gasteiger partial charge in [0.1, 0.15) is 18.2 Å². The van der Waals surface area contributed by atoms with Gasteiger partial charge < -0.3 is 14.2 Å². The Kier molecular flexibility index (Phi) is 3.98. The monoisotopic (exact) mass is 307 g/mol. The normalized spacial score (nSPS) is 16.5. The highest BCUT2D eigenvalue weighted by atomic mass is 32.1. The fraction of sp³-hybridized carbons (Fsp3) is 0.308. The van der Waals surface area contributed by atoms with Crippen LogP contribution in [0.1, 0.15) is 5.01 Å². The summed E-state index contributed by atoms with van der Waals surface area (Å²) in [6.07, 6.45) is -0.713. The molecule has 1 N–H and O–H groups in total. The number of ether oxygens (including phenoxy) is 3. The van der Waals surface area contributed by atoms with Gasteiger partial charge in [-0.05, 0) is 12.1 Å². The van der Waals surface area contributed by atoms with Gasteiger partial charge in [-0.15, -0.1) is 10.2 Å². The summed E-state index contributed by atoms with van der Waals surface area (Å²) in [5.41, 5.74) is 0. The minimum absolute atomic E-state index is 0.159. The van der Waals surface area contributed by atoms with Crippen LogP contribution in [0, 0.1) is 0 Å². The molecule has 7 nitrogen and oxygen atoms in total. The van der Waals surface area contributed by atoms with E-state index in [1.807, 2.05) is 12.1 Å². The van der Waals surface area contributed by atoms with Crippen molar-refractivity contribution in [3.05, 3.63) is 29.3 Å². The molecule has 0 saturated heterocycles. The first kappa shape index (κ1) is 13.8. The average molecular weight is 307 g/mol. The number of benzene rings is 1. The molecule has 1 amide bonds. The molecule has 110 valence electrons. The van der Waals surface area contributed by atoms with Crippen molar-refractivity contribution in [2.45, 2.75) is 12.7 Å². The number of nitrogens with zero attached hydrogens (tertiary/aromatic N) is 2. The van der Waals surface area contributed by atoms with Crippen LogP contribution in [0.2, 0.25) is 0 Å². The highest BCUT2D eigenvalue weighted by Crippen LogP contribution is 2.31. The van der Waals surface area contributed by atoms with Crippen molar-refractivity contribution >= 4 is 22.4 Å². The lowest BCUT2D eigenvalue weighted by atomic mass is 10.2. The lowest BCUT2D eigenvalue weighted by Crippen LogP contribution is -2.40. The number of hydrogen-bond acceptors (Lipinski definition) is 7. The summed E-state index contributed by atoms with van der Waals surface area (Å²) < 4.78 is 16.1. The summed E-state index contributed by atoms with van der Waals surface area (Å²) in [5, 5.41) is 11.5. The third kappa shape index (κ3) is 3.11. The summed E-state index contributed by atoms with van der Waals surface area (Å²) in [4.78, 5) is 12.1. The number of aromatic nitrogens is 2. The summed E-state index contributed by atoms with van der Waals surface area (Å²) in [6, 6.07) is 7.23. The van der Waals surface area contributed by atoms with Crippen molar-refractivity contribution in [2.75, 3.05) is 19.0 Å². The van der Waals surface area contributed by atoms with E-state index in [-0.39, 0.29) is 12.5 Å². The van der Waals surface area contributed by atoms with Crippen molar-refractivity contribution in [3.8, 4) is 11.5 Å². The first-order chi connectivity index (χ1) is 10.3. The quantitative estimate of drug-likeness (QED) is 0.921. The standard InChI is InChI=1S/C13H13N3O4S/c1-18-7-11-15-16-13(21-11)14-12(17)10-6-19-8-4-2-3-5-9(8)20-10/h2-5,10H,6-7H2,1H3,(H,14,16,17). The maximum absolute atomic E-state index is 12.1. The molecule has 1 atom stereocenters. The molecule has 1 unspecified atom stereocenters. The first-order valence-corrected chi connectivity index (χ1v) is 7.08. The Hall–Kier alpha value is -2.19. The molecule has 1 aliphatic rings. The van der Waals surface area contributed by atoms with Gasteiger partial charge in [0.05, 0.1) is 0 Å². The van der Waals surface area contributed by atoms with Crippen molar-refractivity contribution < 1.29 is 19.0 Å². The van der Waals surface area contributed by atoms with Gasteiger partial charge in [0.25, 0.3) is 5.91 Å². The molecule has 3 rings (SSSR count). The molecule has 0 radical (unpaired) electrons. The molecular weight excluding hydrogens is 294 g/mol. The van der Waals surface area contributed by atoms with Gasteiger partial charge >= 0.3 is 0 Å². The van der Waals surface area contributed by atoms with Gasteiger partial charge in [-0.3, -0.25) is 10.1 Å². The Balaban J connectivity index is 1.63. The van der Waals surface area contributed by atoms with Crippen LogP contribution in [0.4, 0.5) is 5.13 Å². The van der Waals surface area contributed by atoms with Gasteiger partial charge in [0.2, 0.25) is 11.2 Å². The summed E-state index contributed by atoms with van der Waals surface area (Å²) in [5.74, 6) is 0.880.